The molecule has 112 valence electrons. The molecule has 0 radical (unpaired) electrons. The summed E-state index contributed by atoms with van der Waals surface area (Å²) in [6.07, 6.45) is 2.44. The number of carboxylic acids is 1. The van der Waals surface area contributed by atoms with E-state index in [1.807, 2.05) is 29.5 Å². The number of carboxylic acid groups (broad SMARTS) is 1. The second kappa shape index (κ2) is 5.48. The Morgan fingerprint density at radius 1 is 1.48 bits per heavy atom. The van der Waals surface area contributed by atoms with Gasteiger partial charge in [0.15, 0.2) is 5.69 Å². The third kappa shape index (κ3) is 2.65. The fraction of sp³-hybridized carbons (Fsp3) is 0.500. The van der Waals surface area contributed by atoms with Crippen LogP contribution in [0, 0.1) is 12.8 Å². The number of hydrogen-bond acceptors (Lipinski definition) is 3. The molecule has 1 aliphatic heterocycles. The smallest absolute Gasteiger partial charge is 0.356 e. The molecule has 0 aliphatic carbocycles. The molecular weight excluding hydrogens is 266 g/mol. The molecule has 0 amide bonds. The van der Waals surface area contributed by atoms with E-state index in [4.69, 9.17) is 0 Å². The van der Waals surface area contributed by atoms with E-state index in [0.29, 0.717) is 18.1 Å². The summed E-state index contributed by atoms with van der Waals surface area (Å²) in [5.41, 5.74) is 2.72. The van der Waals surface area contributed by atoms with Crippen LogP contribution in [0.15, 0.2) is 18.2 Å². The van der Waals surface area contributed by atoms with E-state index >= 15 is 0 Å². The van der Waals surface area contributed by atoms with E-state index in [1.54, 1.807) is 0 Å². The summed E-state index contributed by atoms with van der Waals surface area (Å²) in [5, 5.41) is 9.44. The van der Waals surface area contributed by atoms with Crippen molar-refractivity contribution in [3.63, 3.8) is 0 Å². The Morgan fingerprint density at radius 2 is 2.29 bits per heavy atom. The summed E-state index contributed by atoms with van der Waals surface area (Å²) < 4.78 is 1.97. The molecule has 0 saturated carbocycles. The van der Waals surface area contributed by atoms with Gasteiger partial charge in [-0.2, -0.15) is 0 Å². The minimum Gasteiger partial charge on any atom is -0.476 e. The summed E-state index contributed by atoms with van der Waals surface area (Å²) in [6, 6.07) is 5.76. The molecule has 5 nitrogen and oxygen atoms in total. The van der Waals surface area contributed by atoms with E-state index in [0.717, 1.165) is 24.5 Å². The van der Waals surface area contributed by atoms with Crippen molar-refractivity contribution in [1.82, 2.24) is 14.3 Å². The molecule has 3 rings (SSSR count). The highest BCUT2D eigenvalue weighted by Crippen LogP contribution is 2.21. The number of pyridine rings is 1. The van der Waals surface area contributed by atoms with E-state index in [2.05, 4.69) is 16.8 Å². The van der Waals surface area contributed by atoms with E-state index in [1.165, 1.54) is 12.8 Å². The third-order valence-electron chi connectivity index (χ3n) is 4.25. The summed E-state index contributed by atoms with van der Waals surface area (Å²) in [4.78, 5) is 18.2. The first-order chi connectivity index (χ1) is 10.1. The van der Waals surface area contributed by atoms with Crippen LogP contribution in [0.2, 0.25) is 0 Å². The largest absolute Gasteiger partial charge is 0.476 e. The molecular formula is C16H21N3O2. The lowest BCUT2D eigenvalue weighted by molar-refractivity contribution is 0.0687. The zero-order valence-corrected chi connectivity index (χ0v) is 12.5. The van der Waals surface area contributed by atoms with Crippen LogP contribution in [0.5, 0.6) is 0 Å². The lowest BCUT2D eigenvalue weighted by atomic mass is 10.0. The zero-order valence-electron chi connectivity index (χ0n) is 12.5. The van der Waals surface area contributed by atoms with Gasteiger partial charge < -0.3 is 5.11 Å². The number of aromatic nitrogens is 2. The number of rotatable bonds is 3. The number of aryl methyl sites for hydroxylation is 1. The molecule has 21 heavy (non-hydrogen) atoms. The predicted octanol–water partition coefficient (Wildman–Crippen LogP) is 2.57. The maximum absolute atomic E-state index is 11.5. The molecule has 1 fully saturated rings. The molecule has 5 heteroatoms. The minimum absolute atomic E-state index is 0.183. The predicted molar refractivity (Wildman–Crippen MR) is 80.6 cm³/mol. The monoisotopic (exact) mass is 287 g/mol. The highest BCUT2D eigenvalue weighted by molar-refractivity contribution is 5.88. The molecule has 0 spiro atoms. The Labute approximate surface area is 124 Å². The second-order valence-electron chi connectivity index (χ2n) is 6.06. The van der Waals surface area contributed by atoms with Crippen LogP contribution in [0.1, 0.15) is 41.6 Å². The molecule has 0 aromatic carbocycles. The topological polar surface area (TPSA) is 57.8 Å². The quantitative estimate of drug-likeness (QED) is 0.942. The average Bonchev–Trinajstić information content (AvgIpc) is 2.79. The third-order valence-corrected chi connectivity index (χ3v) is 4.25. The lowest BCUT2D eigenvalue weighted by Gasteiger charge is -2.30. The zero-order chi connectivity index (χ0) is 15.0. The van der Waals surface area contributed by atoms with Gasteiger partial charge in [-0.05, 0) is 44.4 Å². The molecule has 2 aromatic heterocycles. The first kappa shape index (κ1) is 14.1. The summed E-state index contributed by atoms with van der Waals surface area (Å²) in [7, 11) is 0. The Bertz CT molecular complexity index is 677. The molecule has 0 bridgehead atoms. The molecule has 1 unspecified atom stereocenters. The number of piperidine rings is 1. The van der Waals surface area contributed by atoms with Crippen molar-refractivity contribution in [2.75, 3.05) is 13.1 Å². The standard InChI is InChI=1S/C16H21N3O2/c1-11-5-4-8-18(9-11)10-13-15(16(20)21)17-14-7-3-6-12(2)19(13)14/h3,6-7,11H,4-5,8-10H2,1-2H3,(H,20,21). The van der Waals surface area contributed by atoms with Gasteiger partial charge in [-0.1, -0.05) is 13.0 Å². The van der Waals surface area contributed by atoms with Gasteiger partial charge in [0, 0.05) is 18.8 Å². The van der Waals surface area contributed by atoms with Gasteiger partial charge in [-0.3, -0.25) is 9.30 Å². The molecule has 1 atom stereocenters. The summed E-state index contributed by atoms with van der Waals surface area (Å²) >= 11 is 0. The number of nitrogens with zero attached hydrogens (tertiary/aromatic N) is 3. The highest BCUT2D eigenvalue weighted by Gasteiger charge is 2.23. The first-order valence-corrected chi connectivity index (χ1v) is 7.49. The summed E-state index contributed by atoms with van der Waals surface area (Å²) in [5.74, 6) is -0.273. The van der Waals surface area contributed by atoms with Crippen molar-refractivity contribution < 1.29 is 9.90 Å². The van der Waals surface area contributed by atoms with Crippen LogP contribution in [0.3, 0.4) is 0 Å². The van der Waals surface area contributed by atoms with Gasteiger partial charge in [0.1, 0.15) is 5.65 Å². The normalized spacial score (nSPS) is 20.0. The van der Waals surface area contributed by atoms with Crippen LogP contribution in [-0.2, 0) is 6.54 Å². The Morgan fingerprint density at radius 3 is 3.00 bits per heavy atom. The van der Waals surface area contributed by atoms with Crippen molar-refractivity contribution in [2.24, 2.45) is 5.92 Å². The number of fused-ring (bicyclic) bond motifs is 1. The minimum atomic E-state index is -0.946. The van der Waals surface area contributed by atoms with E-state index in [9.17, 15) is 9.90 Å². The van der Waals surface area contributed by atoms with Crippen LogP contribution >= 0.6 is 0 Å². The SMILES string of the molecule is Cc1cccc2nc(C(=O)O)c(CN3CCCC(C)C3)n12. The van der Waals surface area contributed by atoms with Gasteiger partial charge in [0.25, 0.3) is 0 Å². The van der Waals surface area contributed by atoms with Crippen molar-refractivity contribution in [3.05, 3.63) is 35.3 Å². The number of hydrogen-bond donors (Lipinski definition) is 1. The van der Waals surface area contributed by atoms with Crippen LogP contribution < -0.4 is 0 Å². The van der Waals surface area contributed by atoms with Gasteiger partial charge in [-0.25, -0.2) is 9.78 Å². The van der Waals surface area contributed by atoms with Gasteiger partial charge in [0.05, 0.1) is 5.69 Å². The van der Waals surface area contributed by atoms with Gasteiger partial charge >= 0.3 is 5.97 Å². The molecule has 1 N–H and O–H groups in total. The van der Waals surface area contributed by atoms with Crippen LogP contribution in [-0.4, -0.2) is 38.4 Å². The average molecular weight is 287 g/mol. The summed E-state index contributed by atoms with van der Waals surface area (Å²) in [6.45, 7) is 6.95. The fourth-order valence-electron chi connectivity index (χ4n) is 3.29. The van der Waals surface area contributed by atoms with Gasteiger partial charge in [0.2, 0.25) is 0 Å². The molecule has 1 saturated heterocycles. The first-order valence-electron chi connectivity index (χ1n) is 7.49. The number of imidazole rings is 1. The van der Waals surface area contributed by atoms with Crippen LogP contribution in [0.25, 0.3) is 5.65 Å². The number of carbonyl (C=O) groups is 1. The van der Waals surface area contributed by atoms with Crippen molar-refractivity contribution in [1.29, 1.82) is 0 Å². The Balaban J connectivity index is 2.02. The van der Waals surface area contributed by atoms with Crippen molar-refractivity contribution in [2.45, 2.75) is 33.2 Å². The van der Waals surface area contributed by atoms with Crippen molar-refractivity contribution >= 4 is 11.6 Å². The van der Waals surface area contributed by atoms with Crippen molar-refractivity contribution in [3.8, 4) is 0 Å². The Hall–Kier alpha value is -1.88. The maximum Gasteiger partial charge on any atom is 0.356 e. The molecule has 3 heterocycles. The maximum atomic E-state index is 11.5. The lowest BCUT2D eigenvalue weighted by Crippen LogP contribution is -2.34. The fourth-order valence-corrected chi connectivity index (χ4v) is 3.29. The van der Waals surface area contributed by atoms with Crippen LogP contribution in [0.4, 0.5) is 0 Å². The van der Waals surface area contributed by atoms with E-state index in [-0.39, 0.29) is 5.69 Å². The molecule has 2 aromatic rings. The number of likely N-dealkylation sites (tertiary alicyclic amines) is 1. The number of aromatic carboxylic acids is 1. The van der Waals surface area contributed by atoms with Gasteiger partial charge in [-0.15, -0.1) is 0 Å². The van der Waals surface area contributed by atoms with E-state index < -0.39 is 5.97 Å². The Kier molecular flexibility index (Phi) is 3.68. The highest BCUT2D eigenvalue weighted by atomic mass is 16.4. The second-order valence-corrected chi connectivity index (χ2v) is 6.06. The molecule has 1 aliphatic rings.